The molecule has 2 fully saturated rings. The first-order valence-corrected chi connectivity index (χ1v) is 9.58. The minimum Gasteiger partial charge on any atom is -0.261 e. The molecule has 2 saturated carbocycles. The first-order valence-electron chi connectivity index (χ1n) is 9.58. The summed E-state index contributed by atoms with van der Waals surface area (Å²) in [5.41, 5.74) is 5.67. The Bertz CT molecular complexity index is 716. The third kappa shape index (κ3) is 3.45. The van der Waals surface area contributed by atoms with Crippen LogP contribution in [-0.2, 0) is 0 Å². The van der Waals surface area contributed by atoms with E-state index >= 15 is 0 Å². The van der Waals surface area contributed by atoms with Crippen LogP contribution in [0.2, 0.25) is 0 Å². The Balaban J connectivity index is 1.51. The molecule has 0 saturated heterocycles. The number of hydrogen-bond donors (Lipinski definition) is 1. The smallest absolute Gasteiger partial charge is 0.146 e. The van der Waals surface area contributed by atoms with Gasteiger partial charge in [-0.2, -0.15) is 5.10 Å². The largest absolute Gasteiger partial charge is 0.261 e. The van der Waals surface area contributed by atoms with Gasteiger partial charge in [0.2, 0.25) is 0 Å². The number of benzene rings is 1. The highest BCUT2D eigenvalue weighted by molar-refractivity contribution is 5.88. The van der Waals surface area contributed by atoms with Gasteiger partial charge in [0.15, 0.2) is 0 Å². The van der Waals surface area contributed by atoms with E-state index in [0.717, 1.165) is 23.7 Å². The van der Waals surface area contributed by atoms with Crippen LogP contribution >= 0.6 is 0 Å². The average Bonchev–Trinajstić information content (AvgIpc) is 2.67. The summed E-state index contributed by atoms with van der Waals surface area (Å²) in [7, 11) is 0. The minimum absolute atomic E-state index is 0.701. The predicted octanol–water partition coefficient (Wildman–Crippen LogP) is 5.77. The van der Waals surface area contributed by atoms with E-state index in [4.69, 9.17) is 5.10 Å². The van der Waals surface area contributed by atoms with E-state index in [1.165, 1.54) is 62.5 Å². The van der Waals surface area contributed by atoms with Gasteiger partial charge in [0.25, 0.3) is 0 Å². The third-order valence-corrected chi connectivity index (χ3v) is 5.76. The van der Waals surface area contributed by atoms with Gasteiger partial charge in [0.1, 0.15) is 5.82 Å². The topological polar surface area (TPSA) is 37.3 Å². The number of hydrogen-bond acceptors (Lipinski definition) is 3. The van der Waals surface area contributed by atoms with Crippen LogP contribution in [0.25, 0.3) is 10.9 Å². The maximum atomic E-state index is 4.82. The van der Waals surface area contributed by atoms with Crippen LogP contribution in [0.4, 0.5) is 5.82 Å². The van der Waals surface area contributed by atoms with E-state index in [0.29, 0.717) is 5.92 Å². The van der Waals surface area contributed by atoms with Gasteiger partial charge >= 0.3 is 0 Å². The van der Waals surface area contributed by atoms with Crippen LogP contribution in [-0.4, -0.2) is 10.7 Å². The molecule has 1 atom stereocenters. The molecule has 0 aliphatic heterocycles. The summed E-state index contributed by atoms with van der Waals surface area (Å²) in [6.45, 7) is 0. The lowest BCUT2D eigenvalue weighted by Crippen LogP contribution is -2.29. The molecular formula is C21H27N3. The lowest BCUT2D eigenvalue weighted by molar-refractivity contribution is 0.274. The highest BCUT2D eigenvalue weighted by atomic mass is 15.3. The summed E-state index contributed by atoms with van der Waals surface area (Å²) < 4.78 is 0. The normalized spacial score (nSPS) is 24.3. The van der Waals surface area contributed by atoms with Crippen molar-refractivity contribution in [3.8, 4) is 0 Å². The lowest BCUT2D eigenvalue weighted by atomic mass is 9.72. The zero-order valence-corrected chi connectivity index (χ0v) is 14.4. The van der Waals surface area contributed by atoms with Gasteiger partial charge in [-0.15, -0.1) is 0 Å². The van der Waals surface area contributed by atoms with Crippen molar-refractivity contribution in [2.45, 2.75) is 57.8 Å². The predicted molar refractivity (Wildman–Crippen MR) is 101 cm³/mol. The van der Waals surface area contributed by atoms with E-state index in [1.807, 2.05) is 18.2 Å². The van der Waals surface area contributed by atoms with Crippen molar-refractivity contribution in [1.82, 2.24) is 4.98 Å². The first-order chi connectivity index (χ1) is 11.9. The number of anilines is 1. The van der Waals surface area contributed by atoms with Gasteiger partial charge in [-0.05, 0) is 56.2 Å². The number of fused-ring (bicyclic) bond motifs is 1. The SMILES string of the molecule is c1ccc2nc(N/N=C3\CCCC[C@H]3C3CCCCC3)ccc2c1. The summed E-state index contributed by atoms with van der Waals surface area (Å²) in [6.07, 6.45) is 12.2. The summed E-state index contributed by atoms with van der Waals surface area (Å²) in [4.78, 5) is 4.68. The second-order valence-corrected chi connectivity index (χ2v) is 7.35. The minimum atomic E-state index is 0.701. The maximum Gasteiger partial charge on any atom is 0.146 e. The van der Waals surface area contributed by atoms with E-state index in [-0.39, 0.29) is 0 Å². The lowest BCUT2D eigenvalue weighted by Gasteiger charge is -2.33. The van der Waals surface area contributed by atoms with Crippen LogP contribution in [0, 0.1) is 11.8 Å². The molecule has 0 amide bonds. The van der Waals surface area contributed by atoms with Crippen molar-refractivity contribution < 1.29 is 0 Å². The van der Waals surface area contributed by atoms with Gasteiger partial charge in [-0.25, -0.2) is 4.98 Å². The number of rotatable bonds is 3. The Labute approximate surface area is 144 Å². The number of para-hydroxylation sites is 1. The van der Waals surface area contributed by atoms with Crippen molar-refractivity contribution in [2.24, 2.45) is 16.9 Å². The molecular weight excluding hydrogens is 294 g/mol. The molecule has 1 aromatic heterocycles. The number of nitrogens with one attached hydrogen (secondary N) is 1. The molecule has 2 aliphatic rings. The van der Waals surface area contributed by atoms with Crippen molar-refractivity contribution >= 4 is 22.4 Å². The molecule has 1 aromatic carbocycles. The fraction of sp³-hybridized carbons (Fsp3) is 0.524. The number of hydrazone groups is 1. The Morgan fingerprint density at radius 1 is 0.875 bits per heavy atom. The fourth-order valence-corrected chi connectivity index (χ4v) is 4.46. The van der Waals surface area contributed by atoms with Crippen molar-refractivity contribution in [1.29, 1.82) is 0 Å². The summed E-state index contributed by atoms with van der Waals surface area (Å²) in [6, 6.07) is 12.4. The van der Waals surface area contributed by atoms with Crippen molar-refractivity contribution in [3.05, 3.63) is 36.4 Å². The Hall–Kier alpha value is -1.90. The molecule has 2 aromatic rings. The van der Waals surface area contributed by atoms with Crippen molar-refractivity contribution in [3.63, 3.8) is 0 Å². The molecule has 3 nitrogen and oxygen atoms in total. The number of aromatic nitrogens is 1. The van der Waals surface area contributed by atoms with Crippen LogP contribution in [0.1, 0.15) is 57.8 Å². The highest BCUT2D eigenvalue weighted by Gasteiger charge is 2.29. The number of pyridine rings is 1. The molecule has 24 heavy (non-hydrogen) atoms. The zero-order chi connectivity index (χ0) is 16.2. The van der Waals surface area contributed by atoms with Gasteiger partial charge in [-0.1, -0.05) is 43.9 Å². The summed E-state index contributed by atoms with van der Waals surface area (Å²) in [5, 5.41) is 6.00. The number of nitrogens with zero attached hydrogens (tertiary/aromatic N) is 2. The molecule has 0 spiro atoms. The first kappa shape index (κ1) is 15.6. The molecule has 0 bridgehead atoms. The van der Waals surface area contributed by atoms with E-state index in [9.17, 15) is 0 Å². The standard InChI is InChI=1S/C21H27N3/c1-2-8-16(9-3-1)18-11-5-7-13-20(18)23-24-21-15-14-17-10-4-6-12-19(17)22-21/h4,6,10,12,14-16,18H,1-3,5,7-9,11,13H2,(H,22,24)/b23-20+/t18-/m0/s1. The third-order valence-electron chi connectivity index (χ3n) is 5.76. The van der Waals surface area contributed by atoms with E-state index < -0.39 is 0 Å². The molecule has 1 N–H and O–H groups in total. The molecule has 126 valence electrons. The zero-order valence-electron chi connectivity index (χ0n) is 14.4. The van der Waals surface area contributed by atoms with Gasteiger partial charge in [0.05, 0.1) is 5.52 Å². The van der Waals surface area contributed by atoms with Crippen LogP contribution in [0.15, 0.2) is 41.5 Å². The average molecular weight is 321 g/mol. The van der Waals surface area contributed by atoms with Crippen LogP contribution < -0.4 is 5.43 Å². The Morgan fingerprint density at radius 3 is 2.62 bits per heavy atom. The fourth-order valence-electron chi connectivity index (χ4n) is 4.46. The molecule has 3 heteroatoms. The van der Waals surface area contributed by atoms with Crippen LogP contribution in [0.3, 0.4) is 0 Å². The monoisotopic (exact) mass is 321 g/mol. The van der Waals surface area contributed by atoms with E-state index in [2.05, 4.69) is 28.6 Å². The molecule has 0 radical (unpaired) electrons. The van der Waals surface area contributed by atoms with Crippen LogP contribution in [0.5, 0.6) is 0 Å². The second kappa shape index (κ2) is 7.33. The second-order valence-electron chi connectivity index (χ2n) is 7.35. The molecule has 0 unspecified atom stereocenters. The quantitative estimate of drug-likeness (QED) is 0.728. The maximum absolute atomic E-state index is 4.82. The Kier molecular flexibility index (Phi) is 4.77. The van der Waals surface area contributed by atoms with Gasteiger partial charge in [-0.3, -0.25) is 5.43 Å². The summed E-state index contributed by atoms with van der Waals surface area (Å²) >= 11 is 0. The molecule has 2 aliphatic carbocycles. The van der Waals surface area contributed by atoms with Gasteiger partial charge in [0, 0.05) is 17.0 Å². The van der Waals surface area contributed by atoms with Crippen molar-refractivity contribution in [2.75, 3.05) is 5.43 Å². The Morgan fingerprint density at radius 2 is 1.71 bits per heavy atom. The van der Waals surface area contributed by atoms with Gasteiger partial charge < -0.3 is 0 Å². The summed E-state index contributed by atoms with van der Waals surface area (Å²) in [5.74, 6) is 2.42. The highest BCUT2D eigenvalue weighted by Crippen LogP contribution is 2.37. The molecule has 1 heterocycles. The molecule has 4 rings (SSSR count). The van der Waals surface area contributed by atoms with E-state index in [1.54, 1.807) is 0 Å².